The van der Waals surface area contributed by atoms with Crippen molar-refractivity contribution in [3.8, 4) is 0 Å². The van der Waals surface area contributed by atoms with Gasteiger partial charge >= 0.3 is 0 Å². The van der Waals surface area contributed by atoms with Crippen LogP contribution in [0, 0.1) is 23.2 Å². The van der Waals surface area contributed by atoms with E-state index in [1.807, 2.05) is 0 Å². The molecule has 0 aromatic rings. The van der Waals surface area contributed by atoms with Crippen molar-refractivity contribution in [3.05, 3.63) is 0 Å². The Morgan fingerprint density at radius 3 is 1.55 bits per heavy atom. The van der Waals surface area contributed by atoms with Gasteiger partial charge in [-0.2, -0.15) is 0 Å². The summed E-state index contributed by atoms with van der Waals surface area (Å²) in [5, 5.41) is 0. The van der Waals surface area contributed by atoms with Crippen molar-refractivity contribution in [2.45, 2.75) is 136 Å². The molecule has 3 saturated carbocycles. The van der Waals surface area contributed by atoms with E-state index in [1.165, 1.54) is 114 Å². The van der Waals surface area contributed by atoms with Crippen molar-refractivity contribution < 1.29 is 4.48 Å². The second kappa shape index (κ2) is 12.1. The summed E-state index contributed by atoms with van der Waals surface area (Å²) in [5.41, 5.74) is 0.630. The van der Waals surface area contributed by atoms with E-state index in [0.717, 1.165) is 23.8 Å². The molecule has 0 aromatic heterocycles. The predicted octanol–water partition coefficient (Wildman–Crippen LogP) is 8.61. The van der Waals surface area contributed by atoms with Crippen molar-refractivity contribution in [3.63, 3.8) is 0 Å². The van der Waals surface area contributed by atoms with Gasteiger partial charge in [-0.25, -0.2) is 0 Å². The maximum atomic E-state index is 2.57. The van der Waals surface area contributed by atoms with Crippen molar-refractivity contribution in [2.24, 2.45) is 23.2 Å². The van der Waals surface area contributed by atoms with Gasteiger partial charge < -0.3 is 4.48 Å². The van der Waals surface area contributed by atoms with Crippen LogP contribution in [0.4, 0.5) is 0 Å². The molecule has 0 radical (unpaired) electrons. The maximum absolute atomic E-state index is 2.57. The molecule has 2 bridgehead atoms. The molecule has 3 aliphatic rings. The van der Waals surface area contributed by atoms with Gasteiger partial charge in [-0.1, -0.05) is 105 Å². The van der Waals surface area contributed by atoms with Crippen LogP contribution in [0.5, 0.6) is 0 Å². The fourth-order valence-corrected chi connectivity index (χ4v) is 6.92. The highest BCUT2D eigenvalue weighted by molar-refractivity contribution is 5.05. The molecule has 0 amide bonds. The molecule has 0 N–H and O–H groups in total. The smallest absolute Gasteiger partial charge is 0.0917 e. The normalized spacial score (nSPS) is 28.3. The third-order valence-electron chi connectivity index (χ3n) is 9.30. The Kier molecular flexibility index (Phi) is 10.5. The van der Waals surface area contributed by atoms with Crippen LogP contribution in [0.15, 0.2) is 0 Å². The third kappa shape index (κ3) is 7.26. The average molecular weight is 407 g/mol. The molecule has 3 rings (SSSR count). The zero-order valence-electron chi connectivity index (χ0n) is 21.3. The van der Waals surface area contributed by atoms with E-state index in [4.69, 9.17) is 0 Å². The number of unbranched alkanes of at least 4 members (excludes halogenated alkanes) is 13. The van der Waals surface area contributed by atoms with E-state index < -0.39 is 0 Å². The van der Waals surface area contributed by atoms with Gasteiger partial charge in [0.05, 0.1) is 26.7 Å². The first kappa shape index (κ1) is 25.2. The first-order valence-electron chi connectivity index (χ1n) is 13.6. The van der Waals surface area contributed by atoms with Crippen molar-refractivity contribution in [1.29, 1.82) is 0 Å². The first-order chi connectivity index (χ1) is 13.8. The largest absolute Gasteiger partial charge is 0.326 e. The van der Waals surface area contributed by atoms with Gasteiger partial charge in [0.15, 0.2) is 0 Å². The van der Waals surface area contributed by atoms with Crippen LogP contribution < -0.4 is 0 Å². The number of hydrogen-bond acceptors (Lipinski definition) is 0. The summed E-state index contributed by atoms with van der Waals surface area (Å²) in [4.78, 5) is 0. The molecule has 1 nitrogen and oxygen atoms in total. The van der Waals surface area contributed by atoms with Crippen LogP contribution in [0.2, 0.25) is 0 Å². The van der Waals surface area contributed by atoms with Gasteiger partial charge in [0.1, 0.15) is 0 Å². The van der Waals surface area contributed by atoms with Crippen molar-refractivity contribution in [1.82, 2.24) is 0 Å². The number of rotatable bonds is 16. The van der Waals surface area contributed by atoms with Crippen LogP contribution in [-0.2, 0) is 0 Å². The molecule has 29 heavy (non-hydrogen) atoms. The minimum absolute atomic E-state index is 0.630. The number of nitrogens with zero attached hydrogens (tertiary/aromatic N) is 1. The molecular formula is C28H56N+. The zero-order chi connectivity index (χ0) is 21.3. The first-order valence-corrected chi connectivity index (χ1v) is 13.6. The Morgan fingerprint density at radius 1 is 0.690 bits per heavy atom. The monoisotopic (exact) mass is 406 g/mol. The molecule has 0 spiro atoms. The second-order valence-corrected chi connectivity index (χ2v) is 12.1. The van der Waals surface area contributed by atoms with Crippen LogP contribution in [0.25, 0.3) is 0 Å². The number of hydrogen-bond donors (Lipinski definition) is 0. The lowest BCUT2D eigenvalue weighted by Crippen LogP contribution is -2.65. The average Bonchev–Trinajstić information content (AvgIpc) is 2.67. The van der Waals surface area contributed by atoms with Gasteiger partial charge in [0.25, 0.3) is 0 Å². The van der Waals surface area contributed by atoms with Gasteiger partial charge in [-0.3, -0.25) is 0 Å². The quantitative estimate of drug-likeness (QED) is 0.178. The molecule has 0 aliphatic heterocycles. The topological polar surface area (TPSA) is 0 Å². The van der Waals surface area contributed by atoms with E-state index in [2.05, 4.69) is 41.8 Å². The van der Waals surface area contributed by atoms with E-state index in [-0.39, 0.29) is 0 Å². The number of quaternary nitrogens is 1. The van der Waals surface area contributed by atoms with Gasteiger partial charge in [0, 0.05) is 12.3 Å². The van der Waals surface area contributed by atoms with E-state index in [0.29, 0.717) is 5.41 Å². The number of fused-ring (bicyclic) bond motifs is 2. The molecule has 3 aliphatic carbocycles. The van der Waals surface area contributed by atoms with E-state index >= 15 is 0 Å². The summed E-state index contributed by atoms with van der Waals surface area (Å²) in [6, 6.07) is 0.911. The van der Waals surface area contributed by atoms with Crippen molar-refractivity contribution >= 4 is 0 Å². The lowest BCUT2D eigenvalue weighted by atomic mass is 9.44. The highest BCUT2D eigenvalue weighted by Crippen LogP contribution is 2.62. The van der Waals surface area contributed by atoms with Crippen LogP contribution in [0.1, 0.15) is 130 Å². The van der Waals surface area contributed by atoms with E-state index in [9.17, 15) is 0 Å². The summed E-state index contributed by atoms with van der Waals surface area (Å²) >= 11 is 0. The fraction of sp³-hybridized carbons (Fsp3) is 1.00. The fourth-order valence-electron chi connectivity index (χ4n) is 6.92. The standard InChI is InChI=1S/C28H56N/c1-7-8-9-10-11-12-13-14-15-16-17-18-19-20-21-29(5,6)27-23-25-22-26(24(27)2)28(25,3)4/h24-27H,7-23H2,1-6H3/q+1/t24-,25+,26-,27-/m1/s1. The van der Waals surface area contributed by atoms with Crippen LogP contribution in [0.3, 0.4) is 0 Å². The van der Waals surface area contributed by atoms with E-state index in [1.54, 1.807) is 0 Å². The van der Waals surface area contributed by atoms with Gasteiger partial charge in [-0.05, 0) is 36.5 Å². The molecule has 172 valence electrons. The highest BCUT2D eigenvalue weighted by Gasteiger charge is 2.59. The minimum atomic E-state index is 0.630. The maximum Gasteiger partial charge on any atom is 0.0917 e. The molecule has 0 saturated heterocycles. The van der Waals surface area contributed by atoms with Gasteiger partial charge in [-0.15, -0.1) is 0 Å². The summed E-state index contributed by atoms with van der Waals surface area (Å²) in [5.74, 6) is 2.90. The Labute approximate surface area is 185 Å². The molecule has 0 aromatic carbocycles. The summed E-state index contributed by atoms with van der Waals surface area (Å²) in [6.45, 7) is 11.3. The SMILES string of the molecule is CCCCCCCCCCCCCCCC[N+](C)(C)[C@@H]1C[C@@H]2C[C@H]([C@H]1C)C2(C)C. The predicted molar refractivity (Wildman–Crippen MR) is 130 cm³/mol. The zero-order valence-corrected chi connectivity index (χ0v) is 21.3. The van der Waals surface area contributed by atoms with Gasteiger partial charge in [0.2, 0.25) is 0 Å². The summed E-state index contributed by atoms with van der Waals surface area (Å²) < 4.78 is 1.28. The van der Waals surface area contributed by atoms with Crippen molar-refractivity contribution in [2.75, 3.05) is 20.6 Å². The third-order valence-corrected chi connectivity index (χ3v) is 9.30. The van der Waals surface area contributed by atoms with Crippen LogP contribution >= 0.6 is 0 Å². The Morgan fingerprint density at radius 2 is 1.14 bits per heavy atom. The van der Waals surface area contributed by atoms with Crippen LogP contribution in [-0.4, -0.2) is 31.2 Å². The second-order valence-electron chi connectivity index (χ2n) is 12.1. The molecule has 1 heteroatoms. The molecular weight excluding hydrogens is 350 g/mol. The molecule has 4 atom stereocenters. The Bertz CT molecular complexity index is 438. The summed E-state index contributed by atoms with van der Waals surface area (Å²) in [7, 11) is 5.06. The molecule has 0 unspecified atom stereocenters. The lowest BCUT2D eigenvalue weighted by Gasteiger charge is -2.63. The molecule has 3 fully saturated rings. The summed E-state index contributed by atoms with van der Waals surface area (Å²) in [6.07, 6.45) is 23.5. The Hall–Kier alpha value is -0.0400. The highest BCUT2D eigenvalue weighted by atomic mass is 15.3. The molecule has 0 heterocycles. The Balaban J connectivity index is 1.44. The lowest BCUT2D eigenvalue weighted by molar-refractivity contribution is -0.923. The minimum Gasteiger partial charge on any atom is -0.326 e.